The van der Waals surface area contributed by atoms with Crippen molar-refractivity contribution in [1.29, 1.82) is 0 Å². The predicted molar refractivity (Wildman–Crippen MR) is 87.3 cm³/mol. The van der Waals surface area contributed by atoms with Crippen LogP contribution >= 0.6 is 0 Å². The molecule has 0 spiro atoms. The van der Waals surface area contributed by atoms with E-state index in [1.165, 1.54) is 17.5 Å². The zero-order valence-corrected chi connectivity index (χ0v) is 14.3. The van der Waals surface area contributed by atoms with Crippen LogP contribution in [0.1, 0.15) is 58.1 Å². The normalized spacial score (nSPS) is 22.2. The first-order chi connectivity index (χ1) is 9.99. The first-order valence-corrected chi connectivity index (χ1v) is 8.10. The van der Waals surface area contributed by atoms with Crippen LogP contribution in [0.4, 0.5) is 0 Å². The lowest BCUT2D eigenvalue weighted by molar-refractivity contribution is 0.155. The molecular weight excluding hydrogens is 262 g/mol. The quantitative estimate of drug-likeness (QED) is 0.811. The zero-order chi connectivity index (χ0) is 15.6. The standard InChI is InChI=1S/C18H29NO2/c1-7-10-19-11-15-8-9-16(20-6)18(21-12(2)3)17(15)13(4)14(19)5/h8-9,12-14H,7,10-11H2,1-6H3. The van der Waals surface area contributed by atoms with Gasteiger partial charge in [-0.2, -0.15) is 0 Å². The predicted octanol–water partition coefficient (Wildman–Crippen LogP) is 4.20. The maximum atomic E-state index is 6.11. The van der Waals surface area contributed by atoms with Gasteiger partial charge in [0.15, 0.2) is 11.5 Å². The van der Waals surface area contributed by atoms with Crippen LogP contribution in [0.15, 0.2) is 12.1 Å². The Bertz CT molecular complexity index is 484. The fourth-order valence-electron chi connectivity index (χ4n) is 3.27. The van der Waals surface area contributed by atoms with Gasteiger partial charge < -0.3 is 9.47 Å². The minimum absolute atomic E-state index is 0.154. The number of benzene rings is 1. The van der Waals surface area contributed by atoms with Crippen LogP contribution in [-0.2, 0) is 6.54 Å². The maximum Gasteiger partial charge on any atom is 0.165 e. The van der Waals surface area contributed by atoms with Crippen molar-refractivity contribution in [2.45, 2.75) is 65.6 Å². The molecule has 2 atom stereocenters. The fourth-order valence-corrected chi connectivity index (χ4v) is 3.27. The van der Waals surface area contributed by atoms with Crippen LogP contribution in [-0.4, -0.2) is 30.7 Å². The average molecular weight is 291 g/mol. The van der Waals surface area contributed by atoms with Gasteiger partial charge in [-0.05, 0) is 45.4 Å². The van der Waals surface area contributed by atoms with Gasteiger partial charge in [-0.25, -0.2) is 0 Å². The van der Waals surface area contributed by atoms with Gasteiger partial charge in [0.2, 0.25) is 0 Å². The summed E-state index contributed by atoms with van der Waals surface area (Å²) in [5.41, 5.74) is 2.72. The summed E-state index contributed by atoms with van der Waals surface area (Å²) in [6.45, 7) is 13.2. The summed E-state index contributed by atoms with van der Waals surface area (Å²) < 4.78 is 11.6. The molecule has 1 aliphatic heterocycles. The molecule has 0 N–H and O–H groups in total. The van der Waals surface area contributed by atoms with Gasteiger partial charge >= 0.3 is 0 Å². The first kappa shape index (κ1) is 16.2. The summed E-state index contributed by atoms with van der Waals surface area (Å²) in [7, 11) is 1.72. The van der Waals surface area contributed by atoms with Crippen molar-refractivity contribution in [3.63, 3.8) is 0 Å². The Morgan fingerprint density at radius 1 is 1.29 bits per heavy atom. The van der Waals surface area contributed by atoms with Crippen molar-refractivity contribution in [3.8, 4) is 11.5 Å². The number of fused-ring (bicyclic) bond motifs is 1. The van der Waals surface area contributed by atoms with E-state index in [2.05, 4.69) is 45.6 Å². The number of nitrogens with zero attached hydrogens (tertiary/aromatic N) is 1. The highest BCUT2D eigenvalue weighted by Crippen LogP contribution is 2.44. The summed E-state index contributed by atoms with van der Waals surface area (Å²) in [5, 5.41) is 0. The molecule has 0 amide bonds. The molecule has 0 radical (unpaired) electrons. The smallest absolute Gasteiger partial charge is 0.165 e. The molecule has 0 aromatic heterocycles. The molecule has 1 aromatic carbocycles. The van der Waals surface area contributed by atoms with Crippen molar-refractivity contribution in [2.75, 3.05) is 13.7 Å². The van der Waals surface area contributed by atoms with Crippen LogP contribution < -0.4 is 9.47 Å². The summed E-state index contributed by atoms with van der Waals surface area (Å²) >= 11 is 0. The van der Waals surface area contributed by atoms with E-state index in [1.54, 1.807) is 7.11 Å². The number of rotatable bonds is 5. The minimum Gasteiger partial charge on any atom is -0.493 e. The van der Waals surface area contributed by atoms with Gasteiger partial charge in [0, 0.05) is 24.1 Å². The second kappa shape index (κ2) is 6.69. The lowest BCUT2D eigenvalue weighted by Gasteiger charge is -2.40. The van der Waals surface area contributed by atoms with Gasteiger partial charge in [0.25, 0.3) is 0 Å². The molecule has 21 heavy (non-hydrogen) atoms. The lowest BCUT2D eigenvalue weighted by Crippen LogP contribution is -2.41. The Hall–Kier alpha value is -1.22. The highest BCUT2D eigenvalue weighted by Gasteiger charge is 2.32. The van der Waals surface area contributed by atoms with E-state index in [0.717, 1.165) is 24.6 Å². The van der Waals surface area contributed by atoms with Crippen molar-refractivity contribution in [1.82, 2.24) is 4.90 Å². The molecule has 0 saturated heterocycles. The lowest BCUT2D eigenvalue weighted by atomic mass is 9.84. The molecule has 0 aliphatic carbocycles. The monoisotopic (exact) mass is 291 g/mol. The Balaban J connectivity index is 2.47. The highest BCUT2D eigenvalue weighted by molar-refractivity contribution is 5.54. The van der Waals surface area contributed by atoms with Crippen LogP contribution in [0.25, 0.3) is 0 Å². The molecule has 0 fully saturated rings. The van der Waals surface area contributed by atoms with E-state index in [4.69, 9.17) is 9.47 Å². The van der Waals surface area contributed by atoms with Crippen LogP contribution in [0, 0.1) is 0 Å². The number of hydrogen-bond acceptors (Lipinski definition) is 3. The van der Waals surface area contributed by atoms with Crippen molar-refractivity contribution < 1.29 is 9.47 Å². The van der Waals surface area contributed by atoms with E-state index in [1.807, 2.05) is 6.07 Å². The van der Waals surface area contributed by atoms with E-state index >= 15 is 0 Å². The fraction of sp³-hybridized carbons (Fsp3) is 0.667. The zero-order valence-electron chi connectivity index (χ0n) is 14.3. The van der Waals surface area contributed by atoms with Gasteiger partial charge in [-0.1, -0.05) is 19.9 Å². The third-order valence-corrected chi connectivity index (χ3v) is 4.46. The third-order valence-electron chi connectivity index (χ3n) is 4.46. The molecular formula is C18H29NO2. The molecule has 1 aromatic rings. The summed E-state index contributed by atoms with van der Waals surface area (Å²) in [5.74, 6) is 2.25. The number of methoxy groups -OCH3 is 1. The molecule has 0 saturated carbocycles. The number of hydrogen-bond donors (Lipinski definition) is 0. The van der Waals surface area contributed by atoms with Crippen molar-refractivity contribution >= 4 is 0 Å². The molecule has 118 valence electrons. The van der Waals surface area contributed by atoms with E-state index in [0.29, 0.717) is 12.0 Å². The van der Waals surface area contributed by atoms with Gasteiger partial charge in [0.05, 0.1) is 13.2 Å². The van der Waals surface area contributed by atoms with E-state index < -0.39 is 0 Å². The minimum atomic E-state index is 0.154. The Labute approximate surface area is 129 Å². The Morgan fingerprint density at radius 3 is 2.57 bits per heavy atom. The molecule has 3 heteroatoms. The van der Waals surface area contributed by atoms with Gasteiger partial charge in [-0.15, -0.1) is 0 Å². The topological polar surface area (TPSA) is 21.7 Å². The highest BCUT2D eigenvalue weighted by atomic mass is 16.5. The third kappa shape index (κ3) is 3.18. The maximum absolute atomic E-state index is 6.11. The Morgan fingerprint density at radius 2 is 2.00 bits per heavy atom. The molecule has 1 aliphatic rings. The second-order valence-electron chi connectivity index (χ2n) is 6.34. The molecule has 2 rings (SSSR count). The molecule has 1 heterocycles. The molecule has 2 unspecified atom stereocenters. The van der Waals surface area contributed by atoms with Gasteiger partial charge in [0.1, 0.15) is 0 Å². The van der Waals surface area contributed by atoms with Crippen molar-refractivity contribution in [3.05, 3.63) is 23.3 Å². The molecule has 3 nitrogen and oxygen atoms in total. The first-order valence-electron chi connectivity index (χ1n) is 8.10. The largest absolute Gasteiger partial charge is 0.493 e. The van der Waals surface area contributed by atoms with Crippen LogP contribution in [0.5, 0.6) is 11.5 Å². The SMILES string of the molecule is CCCN1Cc2ccc(OC)c(OC(C)C)c2C(C)C1C. The van der Waals surface area contributed by atoms with E-state index in [-0.39, 0.29) is 6.10 Å². The van der Waals surface area contributed by atoms with E-state index in [9.17, 15) is 0 Å². The van der Waals surface area contributed by atoms with Gasteiger partial charge in [-0.3, -0.25) is 4.90 Å². The Kier molecular flexibility index (Phi) is 5.15. The summed E-state index contributed by atoms with van der Waals surface area (Å²) in [4.78, 5) is 2.57. The summed E-state index contributed by atoms with van der Waals surface area (Å²) in [6.07, 6.45) is 1.35. The van der Waals surface area contributed by atoms with Crippen LogP contribution in [0.3, 0.4) is 0 Å². The van der Waals surface area contributed by atoms with Crippen molar-refractivity contribution in [2.24, 2.45) is 0 Å². The summed E-state index contributed by atoms with van der Waals surface area (Å²) in [6, 6.07) is 4.77. The van der Waals surface area contributed by atoms with Crippen LogP contribution in [0.2, 0.25) is 0 Å². The second-order valence-corrected chi connectivity index (χ2v) is 6.34. The average Bonchev–Trinajstić information content (AvgIpc) is 2.44. The number of ether oxygens (including phenoxy) is 2. The molecule has 0 bridgehead atoms.